The number of rotatable bonds is 4. The van der Waals surface area contributed by atoms with Gasteiger partial charge in [-0.3, -0.25) is 0 Å². The van der Waals surface area contributed by atoms with Crippen LogP contribution in [0.1, 0.15) is 16.8 Å². The van der Waals surface area contributed by atoms with Crippen molar-refractivity contribution in [1.82, 2.24) is 4.98 Å². The predicted octanol–water partition coefficient (Wildman–Crippen LogP) is 2.87. The molecule has 1 heterocycles. The van der Waals surface area contributed by atoms with Crippen molar-refractivity contribution in [3.8, 4) is 0 Å². The monoisotopic (exact) mass is 252 g/mol. The highest BCUT2D eigenvalue weighted by molar-refractivity contribution is 7.98. The summed E-state index contributed by atoms with van der Waals surface area (Å²) in [5.41, 5.74) is 7.69. The molecule has 0 spiro atoms. The van der Waals surface area contributed by atoms with E-state index in [0.29, 0.717) is 23.1 Å². The summed E-state index contributed by atoms with van der Waals surface area (Å²) in [5.74, 6) is 0.264. The first-order valence-electron chi connectivity index (χ1n) is 5.21. The highest BCUT2D eigenvalue weighted by atomic mass is 32.2. The van der Waals surface area contributed by atoms with Crippen molar-refractivity contribution in [2.75, 3.05) is 0 Å². The molecule has 0 amide bonds. The molecule has 3 nitrogen and oxygen atoms in total. The van der Waals surface area contributed by atoms with Gasteiger partial charge in [0.25, 0.3) is 5.22 Å². The lowest BCUT2D eigenvalue weighted by atomic mass is 10.1. The third kappa shape index (κ3) is 3.08. The van der Waals surface area contributed by atoms with Crippen molar-refractivity contribution in [3.63, 3.8) is 0 Å². The predicted molar refractivity (Wildman–Crippen MR) is 65.1 cm³/mol. The molecule has 17 heavy (non-hydrogen) atoms. The number of halogens is 1. The minimum atomic E-state index is -0.233. The van der Waals surface area contributed by atoms with Gasteiger partial charge in [-0.15, -0.1) is 0 Å². The lowest BCUT2D eigenvalue weighted by Crippen LogP contribution is -1.98. The Morgan fingerprint density at radius 1 is 1.47 bits per heavy atom. The van der Waals surface area contributed by atoms with Gasteiger partial charge in [0.2, 0.25) is 0 Å². The van der Waals surface area contributed by atoms with E-state index < -0.39 is 0 Å². The Bertz CT molecular complexity index is 513. The van der Waals surface area contributed by atoms with E-state index in [-0.39, 0.29) is 5.82 Å². The van der Waals surface area contributed by atoms with Crippen LogP contribution in [0.25, 0.3) is 0 Å². The molecule has 2 N–H and O–H groups in total. The van der Waals surface area contributed by atoms with E-state index in [0.717, 1.165) is 11.3 Å². The molecule has 0 bridgehead atoms. The van der Waals surface area contributed by atoms with Crippen LogP contribution >= 0.6 is 11.8 Å². The van der Waals surface area contributed by atoms with Gasteiger partial charge < -0.3 is 10.2 Å². The van der Waals surface area contributed by atoms with Crippen molar-refractivity contribution in [3.05, 3.63) is 47.1 Å². The van der Waals surface area contributed by atoms with E-state index in [4.69, 9.17) is 10.2 Å². The standard InChI is InChI=1S/C12H13FN2OS/c1-8-6-16-12(15-8)17-7-10-3-2-9(5-14)4-11(10)13/h2-4,6H,5,7,14H2,1H3. The summed E-state index contributed by atoms with van der Waals surface area (Å²) in [6.45, 7) is 2.20. The molecule has 1 aromatic carbocycles. The molecule has 2 rings (SSSR count). The summed E-state index contributed by atoms with van der Waals surface area (Å²) in [7, 11) is 0. The number of nitrogens with zero attached hydrogens (tertiary/aromatic N) is 1. The molecule has 0 aliphatic carbocycles. The number of nitrogens with two attached hydrogens (primary N) is 1. The molecule has 2 aromatic rings. The topological polar surface area (TPSA) is 52.0 Å². The molecular weight excluding hydrogens is 239 g/mol. The van der Waals surface area contributed by atoms with Gasteiger partial charge in [0.15, 0.2) is 0 Å². The summed E-state index contributed by atoms with van der Waals surface area (Å²) in [6, 6.07) is 5.05. The van der Waals surface area contributed by atoms with E-state index in [1.54, 1.807) is 12.3 Å². The van der Waals surface area contributed by atoms with E-state index >= 15 is 0 Å². The minimum absolute atomic E-state index is 0.233. The van der Waals surface area contributed by atoms with Crippen LogP contribution in [0.2, 0.25) is 0 Å². The summed E-state index contributed by atoms with van der Waals surface area (Å²) >= 11 is 1.37. The molecule has 0 aliphatic heterocycles. The Hall–Kier alpha value is -1.33. The minimum Gasteiger partial charge on any atom is -0.440 e. The molecule has 0 fully saturated rings. The average Bonchev–Trinajstić information content (AvgIpc) is 2.73. The van der Waals surface area contributed by atoms with Crippen LogP contribution in [0, 0.1) is 12.7 Å². The van der Waals surface area contributed by atoms with Crippen molar-refractivity contribution >= 4 is 11.8 Å². The van der Waals surface area contributed by atoms with Gasteiger partial charge in [0, 0.05) is 12.3 Å². The Labute approximate surface area is 103 Å². The van der Waals surface area contributed by atoms with Crippen LogP contribution in [-0.2, 0) is 12.3 Å². The van der Waals surface area contributed by atoms with Gasteiger partial charge in [0.1, 0.15) is 12.1 Å². The van der Waals surface area contributed by atoms with Crippen LogP contribution in [0.5, 0.6) is 0 Å². The van der Waals surface area contributed by atoms with E-state index in [9.17, 15) is 4.39 Å². The molecule has 5 heteroatoms. The maximum absolute atomic E-state index is 13.6. The lowest BCUT2D eigenvalue weighted by molar-refractivity contribution is 0.454. The molecule has 0 unspecified atom stereocenters. The number of oxazole rings is 1. The molecule has 0 saturated heterocycles. The van der Waals surface area contributed by atoms with Crippen LogP contribution in [0.4, 0.5) is 4.39 Å². The van der Waals surface area contributed by atoms with Gasteiger partial charge in [0.05, 0.1) is 5.69 Å². The Kier molecular flexibility index (Phi) is 3.81. The third-order valence-corrected chi connectivity index (χ3v) is 3.19. The maximum Gasteiger partial charge on any atom is 0.256 e. The highest BCUT2D eigenvalue weighted by Gasteiger charge is 2.06. The van der Waals surface area contributed by atoms with Crippen molar-refractivity contribution in [1.29, 1.82) is 0 Å². The zero-order chi connectivity index (χ0) is 12.3. The second kappa shape index (κ2) is 5.33. The molecule has 90 valence electrons. The van der Waals surface area contributed by atoms with Crippen LogP contribution in [-0.4, -0.2) is 4.98 Å². The van der Waals surface area contributed by atoms with E-state index in [2.05, 4.69) is 4.98 Å². The van der Waals surface area contributed by atoms with Crippen molar-refractivity contribution in [2.24, 2.45) is 5.73 Å². The number of hydrogen-bond acceptors (Lipinski definition) is 4. The summed E-state index contributed by atoms with van der Waals surface area (Å²) < 4.78 is 18.8. The van der Waals surface area contributed by atoms with Gasteiger partial charge in [-0.05, 0) is 24.1 Å². The van der Waals surface area contributed by atoms with E-state index in [1.807, 2.05) is 13.0 Å². The van der Waals surface area contributed by atoms with Gasteiger partial charge in [-0.2, -0.15) is 0 Å². The second-order valence-electron chi connectivity index (χ2n) is 3.67. The molecule has 1 aromatic heterocycles. The summed E-state index contributed by atoms with van der Waals surface area (Å²) in [4.78, 5) is 4.14. The van der Waals surface area contributed by atoms with Gasteiger partial charge >= 0.3 is 0 Å². The molecule has 0 radical (unpaired) electrons. The summed E-state index contributed by atoms with van der Waals surface area (Å²) in [5, 5.41) is 0.560. The fourth-order valence-electron chi connectivity index (χ4n) is 1.37. The van der Waals surface area contributed by atoms with Gasteiger partial charge in [-0.25, -0.2) is 9.37 Å². The zero-order valence-electron chi connectivity index (χ0n) is 9.44. The molecular formula is C12H13FN2OS. The van der Waals surface area contributed by atoms with E-state index in [1.165, 1.54) is 17.8 Å². The Balaban J connectivity index is 2.04. The molecule has 0 aliphatic rings. The molecule has 0 saturated carbocycles. The Morgan fingerprint density at radius 3 is 2.88 bits per heavy atom. The Morgan fingerprint density at radius 2 is 2.29 bits per heavy atom. The number of hydrogen-bond donors (Lipinski definition) is 1. The molecule has 0 atom stereocenters. The first-order chi connectivity index (χ1) is 8.19. The SMILES string of the molecule is Cc1coc(SCc2ccc(CN)cc2F)n1. The number of benzene rings is 1. The first kappa shape index (κ1) is 12.1. The lowest BCUT2D eigenvalue weighted by Gasteiger charge is -2.03. The number of thioether (sulfide) groups is 1. The normalized spacial score (nSPS) is 10.8. The van der Waals surface area contributed by atoms with Crippen LogP contribution < -0.4 is 5.73 Å². The smallest absolute Gasteiger partial charge is 0.256 e. The second-order valence-corrected chi connectivity index (χ2v) is 4.60. The first-order valence-corrected chi connectivity index (χ1v) is 6.20. The largest absolute Gasteiger partial charge is 0.440 e. The average molecular weight is 252 g/mol. The number of aromatic nitrogens is 1. The van der Waals surface area contributed by atoms with Crippen LogP contribution in [0.3, 0.4) is 0 Å². The van der Waals surface area contributed by atoms with Crippen molar-refractivity contribution in [2.45, 2.75) is 24.4 Å². The highest BCUT2D eigenvalue weighted by Crippen LogP contribution is 2.23. The van der Waals surface area contributed by atoms with Gasteiger partial charge in [-0.1, -0.05) is 23.9 Å². The zero-order valence-corrected chi connectivity index (χ0v) is 10.3. The number of aryl methyl sites for hydroxylation is 1. The summed E-state index contributed by atoms with van der Waals surface area (Å²) in [6.07, 6.45) is 1.58. The fourth-order valence-corrected chi connectivity index (χ4v) is 2.21. The fraction of sp³-hybridized carbons (Fsp3) is 0.250. The third-order valence-electron chi connectivity index (χ3n) is 2.30. The van der Waals surface area contributed by atoms with Crippen molar-refractivity contribution < 1.29 is 8.81 Å². The van der Waals surface area contributed by atoms with Crippen LogP contribution in [0.15, 0.2) is 34.1 Å². The maximum atomic E-state index is 13.6. The quantitative estimate of drug-likeness (QED) is 0.850.